The molecule has 248 valence electrons. The number of ketones is 1. The molecule has 0 amide bonds. The molecule has 0 radical (unpaired) electrons. The number of fused-ring (bicyclic) bond motifs is 1. The number of methoxy groups -OCH3 is 2. The van der Waals surface area contributed by atoms with Crippen molar-refractivity contribution in [2.75, 3.05) is 87.1 Å². The average Bonchev–Trinajstić information content (AvgIpc) is 3.08. The van der Waals surface area contributed by atoms with E-state index in [-0.39, 0.29) is 5.78 Å². The number of carbonyl (C=O) groups excluding carboxylic acids is 1. The van der Waals surface area contributed by atoms with Crippen LogP contribution in [0.1, 0.15) is 42.6 Å². The van der Waals surface area contributed by atoms with Crippen molar-refractivity contribution < 1.29 is 14.3 Å². The first-order chi connectivity index (χ1) is 22.6. The Labute approximate surface area is 282 Å². The van der Waals surface area contributed by atoms with Gasteiger partial charge in [0, 0.05) is 93.3 Å². The monoisotopic (exact) mass is 657 g/mol. The highest BCUT2D eigenvalue weighted by molar-refractivity contribution is 6.32. The smallest absolute Gasteiger partial charge is 0.227 e. The average molecular weight is 658 g/mol. The second-order valence-electron chi connectivity index (χ2n) is 12.6. The highest BCUT2D eigenvalue weighted by atomic mass is 35.5. The fourth-order valence-electron chi connectivity index (χ4n) is 6.81. The first-order valence-corrected chi connectivity index (χ1v) is 16.6. The number of rotatable bonds is 9. The SMILES string of the molecule is C=C1C(C)=Cc2cc(Nc3nc(N4CCN(CC5CCN(c6cc(OC)c(C(C)=O)c(OC)c6)CC5)CC4)ncc3Cl)ccc2N1C. The van der Waals surface area contributed by atoms with Gasteiger partial charge in [0.15, 0.2) is 11.6 Å². The Morgan fingerprint density at radius 3 is 2.34 bits per heavy atom. The Morgan fingerprint density at radius 2 is 1.70 bits per heavy atom. The van der Waals surface area contributed by atoms with Crippen LogP contribution < -0.4 is 29.5 Å². The Kier molecular flexibility index (Phi) is 9.61. The van der Waals surface area contributed by atoms with Crippen molar-refractivity contribution in [1.29, 1.82) is 0 Å². The molecule has 0 unspecified atom stereocenters. The number of likely N-dealkylation sites (N-methyl/N-ethyl adjacent to an activating group) is 1. The van der Waals surface area contributed by atoms with E-state index in [1.165, 1.54) is 6.92 Å². The van der Waals surface area contributed by atoms with Crippen LogP contribution in [-0.4, -0.2) is 87.7 Å². The van der Waals surface area contributed by atoms with E-state index in [2.05, 4.69) is 61.6 Å². The van der Waals surface area contributed by atoms with Crippen molar-refractivity contribution >= 4 is 52.3 Å². The van der Waals surface area contributed by atoms with Crippen LogP contribution in [0.25, 0.3) is 6.08 Å². The standard InChI is InChI=1S/C36H44ClN7O3/c1-23-17-27-18-28(7-8-31(27)41(4)24(23)2)39-35-30(37)21-38-36(40-35)44-15-13-42(14-16-44)22-26-9-11-43(12-10-26)29-19-32(46-5)34(25(3)45)33(20-29)47-6/h7-8,17-21,26H,2,9-16,22H2,1,3-6H3,(H,38,39,40). The molecule has 3 aromatic rings. The molecule has 6 rings (SSSR count). The lowest BCUT2D eigenvalue weighted by Crippen LogP contribution is -2.49. The number of halogens is 1. The summed E-state index contributed by atoms with van der Waals surface area (Å²) in [7, 11) is 5.23. The summed E-state index contributed by atoms with van der Waals surface area (Å²) in [6, 6.07) is 10.2. The molecular weight excluding hydrogens is 614 g/mol. The van der Waals surface area contributed by atoms with Crippen LogP contribution in [0.2, 0.25) is 5.02 Å². The van der Waals surface area contributed by atoms with E-state index in [9.17, 15) is 4.79 Å². The Hall–Kier alpha value is -4.28. The van der Waals surface area contributed by atoms with Crippen molar-refractivity contribution in [3.05, 3.63) is 70.5 Å². The molecule has 4 heterocycles. The topological polar surface area (TPSA) is 86.3 Å². The molecule has 1 N–H and O–H groups in total. The van der Waals surface area contributed by atoms with Gasteiger partial charge in [0.2, 0.25) is 5.95 Å². The first-order valence-electron chi connectivity index (χ1n) is 16.2. The normalized spacial score (nSPS) is 17.4. The first kappa shape index (κ1) is 32.7. The highest BCUT2D eigenvalue weighted by Crippen LogP contribution is 2.37. The minimum atomic E-state index is -0.0671. The minimum Gasteiger partial charge on any atom is -0.496 e. The summed E-state index contributed by atoms with van der Waals surface area (Å²) in [5, 5.41) is 3.90. The molecule has 0 atom stereocenters. The van der Waals surface area contributed by atoms with Gasteiger partial charge in [-0.05, 0) is 62.5 Å². The number of aromatic nitrogens is 2. The predicted octanol–water partition coefficient (Wildman–Crippen LogP) is 6.50. The van der Waals surface area contributed by atoms with Crippen molar-refractivity contribution in [3.8, 4) is 11.5 Å². The molecule has 3 aliphatic rings. The molecule has 0 aliphatic carbocycles. The van der Waals surface area contributed by atoms with Gasteiger partial charge in [-0.15, -0.1) is 0 Å². The number of piperazine rings is 1. The fourth-order valence-corrected chi connectivity index (χ4v) is 6.95. The third-order valence-corrected chi connectivity index (χ3v) is 9.89. The molecule has 11 heteroatoms. The van der Waals surface area contributed by atoms with Gasteiger partial charge >= 0.3 is 0 Å². The van der Waals surface area contributed by atoms with E-state index in [4.69, 9.17) is 26.1 Å². The van der Waals surface area contributed by atoms with E-state index in [1.807, 2.05) is 25.2 Å². The zero-order valence-corrected chi connectivity index (χ0v) is 28.7. The van der Waals surface area contributed by atoms with E-state index >= 15 is 0 Å². The van der Waals surface area contributed by atoms with E-state index in [0.29, 0.717) is 39.8 Å². The van der Waals surface area contributed by atoms with Crippen LogP contribution in [-0.2, 0) is 0 Å². The van der Waals surface area contributed by atoms with Gasteiger partial charge in [-0.2, -0.15) is 4.98 Å². The molecule has 0 bridgehead atoms. The van der Waals surface area contributed by atoms with Crippen LogP contribution in [0.5, 0.6) is 11.5 Å². The van der Waals surface area contributed by atoms with Gasteiger partial charge in [-0.1, -0.05) is 18.2 Å². The summed E-state index contributed by atoms with van der Waals surface area (Å²) in [6.07, 6.45) is 6.06. The van der Waals surface area contributed by atoms with E-state index in [1.54, 1.807) is 20.4 Å². The number of Topliss-reactive ketones (excluding diaryl/α,β-unsaturated/α-hetero) is 1. The van der Waals surface area contributed by atoms with Crippen LogP contribution in [0, 0.1) is 5.92 Å². The lowest BCUT2D eigenvalue weighted by atomic mass is 9.95. The largest absolute Gasteiger partial charge is 0.496 e. The third kappa shape index (κ3) is 6.89. The number of nitrogens with zero attached hydrogens (tertiary/aromatic N) is 6. The number of nitrogens with one attached hydrogen (secondary N) is 1. The van der Waals surface area contributed by atoms with Crippen LogP contribution >= 0.6 is 11.6 Å². The number of hydrogen-bond acceptors (Lipinski definition) is 10. The number of allylic oxidation sites excluding steroid dienone is 1. The van der Waals surface area contributed by atoms with Gasteiger partial charge in [-0.25, -0.2) is 4.98 Å². The summed E-state index contributed by atoms with van der Waals surface area (Å²) in [5.41, 5.74) is 6.83. The maximum atomic E-state index is 12.2. The molecule has 0 spiro atoms. The molecule has 1 aromatic heterocycles. The number of piperidine rings is 1. The summed E-state index contributed by atoms with van der Waals surface area (Å²) < 4.78 is 11.1. The number of ether oxygens (including phenoxy) is 2. The lowest BCUT2D eigenvalue weighted by Gasteiger charge is -2.39. The predicted molar refractivity (Wildman–Crippen MR) is 191 cm³/mol. The van der Waals surface area contributed by atoms with Crippen molar-refractivity contribution in [1.82, 2.24) is 14.9 Å². The molecule has 2 saturated heterocycles. The Bertz CT molecular complexity index is 1670. The van der Waals surface area contributed by atoms with Crippen LogP contribution in [0.4, 0.5) is 28.8 Å². The fraction of sp³-hybridized carbons (Fsp3) is 0.417. The van der Waals surface area contributed by atoms with E-state index in [0.717, 1.165) is 92.6 Å². The van der Waals surface area contributed by atoms with Gasteiger partial charge in [0.1, 0.15) is 22.1 Å². The summed E-state index contributed by atoms with van der Waals surface area (Å²) in [5.74, 6) is 2.98. The molecule has 47 heavy (non-hydrogen) atoms. The van der Waals surface area contributed by atoms with Gasteiger partial charge < -0.3 is 29.5 Å². The maximum Gasteiger partial charge on any atom is 0.227 e. The number of anilines is 5. The van der Waals surface area contributed by atoms with Crippen molar-refractivity contribution in [3.63, 3.8) is 0 Å². The minimum absolute atomic E-state index is 0.0671. The third-order valence-electron chi connectivity index (χ3n) is 9.61. The molecule has 3 aliphatic heterocycles. The van der Waals surface area contributed by atoms with E-state index < -0.39 is 0 Å². The molecular formula is C36H44ClN7O3. The van der Waals surface area contributed by atoms with Crippen LogP contribution in [0.15, 0.2) is 54.4 Å². The van der Waals surface area contributed by atoms with Crippen LogP contribution in [0.3, 0.4) is 0 Å². The Balaban J connectivity index is 1.03. The van der Waals surface area contributed by atoms with Crippen molar-refractivity contribution in [2.45, 2.75) is 26.7 Å². The van der Waals surface area contributed by atoms with Gasteiger partial charge in [0.25, 0.3) is 0 Å². The van der Waals surface area contributed by atoms with Crippen molar-refractivity contribution in [2.24, 2.45) is 5.92 Å². The number of benzene rings is 2. The maximum absolute atomic E-state index is 12.2. The highest BCUT2D eigenvalue weighted by Gasteiger charge is 2.27. The molecule has 0 saturated carbocycles. The summed E-state index contributed by atoms with van der Waals surface area (Å²) in [6.45, 7) is 14.4. The number of hydrogen-bond donors (Lipinski definition) is 1. The summed E-state index contributed by atoms with van der Waals surface area (Å²) in [4.78, 5) is 30.9. The molecule has 2 aromatic carbocycles. The zero-order valence-electron chi connectivity index (χ0n) is 28.0. The number of carbonyl (C=O) groups is 1. The van der Waals surface area contributed by atoms with Gasteiger partial charge in [0.05, 0.1) is 20.4 Å². The quantitative estimate of drug-likeness (QED) is 0.258. The summed E-state index contributed by atoms with van der Waals surface area (Å²) >= 11 is 6.55. The molecule has 10 nitrogen and oxygen atoms in total. The molecule has 2 fully saturated rings. The second kappa shape index (κ2) is 13.8. The second-order valence-corrected chi connectivity index (χ2v) is 13.0. The zero-order chi connectivity index (χ0) is 33.2. The van der Waals surface area contributed by atoms with Gasteiger partial charge in [-0.3, -0.25) is 9.69 Å². The Morgan fingerprint density at radius 1 is 1.02 bits per heavy atom. The lowest BCUT2D eigenvalue weighted by molar-refractivity contribution is 0.101.